The van der Waals surface area contributed by atoms with E-state index in [1.165, 1.54) is 17.4 Å². The van der Waals surface area contributed by atoms with E-state index in [4.69, 9.17) is 0 Å². The second-order valence-electron chi connectivity index (χ2n) is 3.29. The van der Waals surface area contributed by atoms with Gasteiger partial charge in [-0.15, -0.1) is 11.3 Å². The van der Waals surface area contributed by atoms with Crippen LogP contribution in [0.3, 0.4) is 0 Å². The molecule has 0 aromatic carbocycles. The number of hydrogen-bond donors (Lipinski definition) is 1. The van der Waals surface area contributed by atoms with Crippen LogP contribution in [0.25, 0.3) is 0 Å². The van der Waals surface area contributed by atoms with E-state index in [-0.39, 0.29) is 10.9 Å². The van der Waals surface area contributed by atoms with Crippen molar-refractivity contribution < 1.29 is 9.72 Å². The van der Waals surface area contributed by atoms with Gasteiger partial charge in [0.15, 0.2) is 0 Å². The molecule has 0 aliphatic carbocycles. The summed E-state index contributed by atoms with van der Waals surface area (Å²) in [7, 11) is 0. The lowest BCUT2D eigenvalue weighted by Gasteiger charge is -2.00. The van der Waals surface area contributed by atoms with Gasteiger partial charge in [0.05, 0.1) is 9.80 Å². The summed E-state index contributed by atoms with van der Waals surface area (Å²) in [5.74, 6) is -0.236. The Labute approximate surface area is 105 Å². The molecule has 5 nitrogen and oxygen atoms in total. The molecule has 0 aliphatic rings. The summed E-state index contributed by atoms with van der Waals surface area (Å²) in [6.07, 6.45) is 0. The number of rotatable bonds is 3. The number of carbonyl (C=O) groups excluding carboxylic acids is 1. The SMILES string of the molecule is Cc1cc([N+](=O)[O-])sc1NC(=O)c1cccs1. The molecule has 0 saturated heterocycles. The average molecular weight is 268 g/mol. The van der Waals surface area contributed by atoms with E-state index in [2.05, 4.69) is 5.32 Å². The molecule has 0 radical (unpaired) electrons. The molecule has 2 aromatic heterocycles. The van der Waals surface area contributed by atoms with E-state index in [1.807, 2.05) is 0 Å². The lowest BCUT2D eigenvalue weighted by molar-refractivity contribution is -0.380. The minimum atomic E-state index is -0.460. The van der Waals surface area contributed by atoms with E-state index in [0.717, 1.165) is 11.3 Å². The Kier molecular flexibility index (Phi) is 3.21. The van der Waals surface area contributed by atoms with Crippen LogP contribution in [0.4, 0.5) is 10.0 Å². The predicted octanol–water partition coefficient (Wildman–Crippen LogP) is 3.28. The van der Waals surface area contributed by atoms with Crippen molar-refractivity contribution in [2.75, 3.05) is 5.32 Å². The van der Waals surface area contributed by atoms with Gasteiger partial charge in [0.1, 0.15) is 5.00 Å². The maximum atomic E-state index is 11.7. The van der Waals surface area contributed by atoms with Gasteiger partial charge in [0.25, 0.3) is 5.91 Å². The fourth-order valence-corrected chi connectivity index (χ4v) is 2.75. The van der Waals surface area contributed by atoms with Crippen LogP contribution in [-0.2, 0) is 0 Å². The highest BCUT2D eigenvalue weighted by molar-refractivity contribution is 7.19. The van der Waals surface area contributed by atoms with Crippen molar-refractivity contribution in [3.63, 3.8) is 0 Å². The first-order valence-corrected chi connectivity index (χ1v) is 6.37. The van der Waals surface area contributed by atoms with Crippen LogP contribution in [0.1, 0.15) is 15.2 Å². The Morgan fingerprint density at radius 2 is 2.29 bits per heavy atom. The summed E-state index contributed by atoms with van der Waals surface area (Å²) in [6.45, 7) is 1.73. The molecule has 0 aliphatic heterocycles. The first kappa shape index (κ1) is 11.7. The first-order chi connectivity index (χ1) is 8.08. The summed E-state index contributed by atoms with van der Waals surface area (Å²) in [5, 5.41) is 15.6. The Hall–Kier alpha value is -1.73. The van der Waals surface area contributed by atoms with Crippen molar-refractivity contribution in [3.05, 3.63) is 44.1 Å². The maximum Gasteiger partial charge on any atom is 0.326 e. The van der Waals surface area contributed by atoms with Crippen LogP contribution in [0.15, 0.2) is 23.6 Å². The monoisotopic (exact) mass is 268 g/mol. The summed E-state index contributed by atoms with van der Waals surface area (Å²) >= 11 is 2.29. The molecule has 0 atom stereocenters. The van der Waals surface area contributed by atoms with Crippen LogP contribution >= 0.6 is 22.7 Å². The number of nitro groups is 1. The summed E-state index contributed by atoms with van der Waals surface area (Å²) in [4.78, 5) is 22.5. The molecule has 1 amide bonds. The Morgan fingerprint density at radius 3 is 2.82 bits per heavy atom. The lowest BCUT2D eigenvalue weighted by Crippen LogP contribution is -2.09. The van der Waals surface area contributed by atoms with Gasteiger partial charge in [-0.25, -0.2) is 0 Å². The zero-order chi connectivity index (χ0) is 12.4. The van der Waals surface area contributed by atoms with Crippen LogP contribution < -0.4 is 5.32 Å². The Bertz CT molecular complexity index is 560. The quantitative estimate of drug-likeness (QED) is 0.685. The van der Waals surface area contributed by atoms with Crippen LogP contribution in [0.5, 0.6) is 0 Å². The third-order valence-corrected chi connectivity index (χ3v) is 4.03. The Morgan fingerprint density at radius 1 is 1.53 bits per heavy atom. The fourth-order valence-electron chi connectivity index (χ4n) is 1.25. The predicted molar refractivity (Wildman–Crippen MR) is 68.0 cm³/mol. The molecule has 0 spiro atoms. The van der Waals surface area contributed by atoms with Gasteiger partial charge in [-0.1, -0.05) is 6.07 Å². The van der Waals surface area contributed by atoms with E-state index in [0.29, 0.717) is 15.4 Å². The van der Waals surface area contributed by atoms with Gasteiger partial charge < -0.3 is 5.32 Å². The molecule has 2 heterocycles. The van der Waals surface area contributed by atoms with Crippen molar-refractivity contribution >= 4 is 38.6 Å². The number of nitrogens with zero attached hydrogens (tertiary/aromatic N) is 1. The van der Waals surface area contributed by atoms with Crippen molar-refractivity contribution in [2.24, 2.45) is 0 Å². The largest absolute Gasteiger partial charge is 0.326 e. The average Bonchev–Trinajstić information content (AvgIpc) is 2.88. The van der Waals surface area contributed by atoms with Gasteiger partial charge >= 0.3 is 5.00 Å². The number of thiophene rings is 2. The van der Waals surface area contributed by atoms with Gasteiger partial charge in [0, 0.05) is 6.07 Å². The number of hydrogen-bond acceptors (Lipinski definition) is 5. The van der Waals surface area contributed by atoms with E-state index >= 15 is 0 Å². The number of carbonyl (C=O) groups is 1. The number of nitrogens with one attached hydrogen (secondary N) is 1. The summed E-state index contributed by atoms with van der Waals surface area (Å²) in [5.41, 5.74) is 0.701. The highest BCUT2D eigenvalue weighted by Crippen LogP contribution is 2.33. The fraction of sp³-hybridized carbons (Fsp3) is 0.100. The second kappa shape index (κ2) is 4.64. The number of anilines is 1. The van der Waals surface area contributed by atoms with Crippen LogP contribution in [0.2, 0.25) is 0 Å². The molecule has 0 fully saturated rings. The minimum Gasteiger partial charge on any atom is -0.312 e. The molecule has 88 valence electrons. The molecule has 1 N–H and O–H groups in total. The molecule has 17 heavy (non-hydrogen) atoms. The minimum absolute atomic E-state index is 0.0315. The summed E-state index contributed by atoms with van der Waals surface area (Å²) in [6, 6.07) is 4.94. The summed E-state index contributed by atoms with van der Waals surface area (Å²) < 4.78 is 0. The maximum absolute atomic E-state index is 11.7. The Balaban J connectivity index is 2.19. The van der Waals surface area contributed by atoms with Gasteiger partial charge in [-0.2, -0.15) is 0 Å². The van der Waals surface area contributed by atoms with Gasteiger partial charge in [0.2, 0.25) is 0 Å². The first-order valence-electron chi connectivity index (χ1n) is 4.67. The number of amides is 1. The van der Waals surface area contributed by atoms with Crippen LogP contribution in [-0.4, -0.2) is 10.8 Å². The van der Waals surface area contributed by atoms with E-state index < -0.39 is 4.92 Å². The van der Waals surface area contributed by atoms with Crippen molar-refractivity contribution in [2.45, 2.75) is 6.92 Å². The standard InChI is InChI=1S/C10H8N2O3S2/c1-6-5-8(12(14)15)17-10(6)11-9(13)7-3-2-4-16-7/h2-5H,1H3,(H,11,13). The molecule has 0 unspecified atom stereocenters. The van der Waals surface area contributed by atoms with Crippen molar-refractivity contribution in [1.29, 1.82) is 0 Å². The molecule has 7 heteroatoms. The highest BCUT2D eigenvalue weighted by atomic mass is 32.1. The molecule has 2 rings (SSSR count). The van der Waals surface area contributed by atoms with E-state index in [1.54, 1.807) is 24.4 Å². The van der Waals surface area contributed by atoms with Gasteiger partial charge in [-0.05, 0) is 35.3 Å². The smallest absolute Gasteiger partial charge is 0.312 e. The zero-order valence-electron chi connectivity index (χ0n) is 8.80. The third-order valence-electron chi connectivity index (χ3n) is 2.06. The molecule has 0 bridgehead atoms. The third kappa shape index (κ3) is 2.51. The molecular formula is C10H8N2O3S2. The van der Waals surface area contributed by atoms with Crippen LogP contribution in [0, 0.1) is 17.0 Å². The van der Waals surface area contributed by atoms with Crippen molar-refractivity contribution in [1.82, 2.24) is 0 Å². The highest BCUT2D eigenvalue weighted by Gasteiger charge is 2.16. The molecule has 0 saturated carbocycles. The second-order valence-corrected chi connectivity index (χ2v) is 5.26. The van der Waals surface area contributed by atoms with Gasteiger partial charge in [-0.3, -0.25) is 14.9 Å². The van der Waals surface area contributed by atoms with E-state index in [9.17, 15) is 14.9 Å². The topological polar surface area (TPSA) is 72.2 Å². The normalized spacial score (nSPS) is 10.2. The molecule has 2 aromatic rings. The molecular weight excluding hydrogens is 260 g/mol. The van der Waals surface area contributed by atoms with Crippen molar-refractivity contribution in [3.8, 4) is 0 Å². The lowest BCUT2D eigenvalue weighted by atomic mass is 10.3. The number of aryl methyl sites for hydroxylation is 1. The zero-order valence-corrected chi connectivity index (χ0v) is 10.4.